The van der Waals surface area contributed by atoms with Gasteiger partial charge in [0.25, 0.3) is 11.9 Å². The molecule has 31 heavy (non-hydrogen) atoms. The summed E-state index contributed by atoms with van der Waals surface area (Å²) in [5.74, 6) is -0.0501. The summed E-state index contributed by atoms with van der Waals surface area (Å²) in [7, 11) is 0. The molecule has 0 aliphatic carbocycles. The molecule has 0 fully saturated rings. The van der Waals surface area contributed by atoms with Gasteiger partial charge in [0.15, 0.2) is 5.58 Å². The highest BCUT2D eigenvalue weighted by Crippen LogP contribution is 2.22. The Morgan fingerprint density at radius 1 is 1.13 bits per heavy atom. The van der Waals surface area contributed by atoms with Crippen LogP contribution in [0.4, 0.5) is 6.01 Å². The summed E-state index contributed by atoms with van der Waals surface area (Å²) < 4.78 is 5.77. The third-order valence-electron chi connectivity index (χ3n) is 4.83. The molecule has 0 unspecified atom stereocenters. The smallest absolute Gasteiger partial charge is 0.295 e. The normalized spacial score (nSPS) is 10.9. The van der Waals surface area contributed by atoms with Crippen LogP contribution in [0.3, 0.4) is 0 Å². The first kappa shape index (κ1) is 20.9. The number of carbonyl (C=O) groups is 1. The molecule has 4 aromatic rings. The first-order valence-electron chi connectivity index (χ1n) is 10.2. The van der Waals surface area contributed by atoms with E-state index in [1.54, 1.807) is 24.4 Å². The van der Waals surface area contributed by atoms with E-state index < -0.39 is 0 Å². The zero-order valence-electron chi connectivity index (χ0n) is 17.2. The fraction of sp³-hybridized carbons (Fsp3) is 0.208. The van der Waals surface area contributed by atoms with Crippen molar-refractivity contribution in [1.82, 2.24) is 14.9 Å². The van der Waals surface area contributed by atoms with E-state index in [1.165, 1.54) is 0 Å². The van der Waals surface area contributed by atoms with E-state index in [2.05, 4.69) is 22.2 Å². The van der Waals surface area contributed by atoms with Crippen molar-refractivity contribution in [2.75, 3.05) is 11.9 Å². The van der Waals surface area contributed by atoms with Crippen molar-refractivity contribution < 1.29 is 9.21 Å². The third kappa shape index (κ3) is 5.22. The molecule has 1 amide bonds. The summed E-state index contributed by atoms with van der Waals surface area (Å²) in [6.07, 6.45) is 2.60. The Kier molecular flexibility index (Phi) is 6.48. The van der Waals surface area contributed by atoms with Gasteiger partial charge in [-0.3, -0.25) is 9.78 Å². The fourth-order valence-electron chi connectivity index (χ4n) is 3.35. The van der Waals surface area contributed by atoms with Gasteiger partial charge in [-0.15, -0.1) is 0 Å². The first-order valence-corrected chi connectivity index (χ1v) is 10.6. The molecule has 0 saturated heterocycles. The molecule has 2 aromatic heterocycles. The zero-order valence-corrected chi connectivity index (χ0v) is 18.0. The lowest BCUT2D eigenvalue weighted by Crippen LogP contribution is -2.31. The van der Waals surface area contributed by atoms with Gasteiger partial charge in [-0.2, -0.15) is 4.98 Å². The Bertz CT molecular complexity index is 1180. The molecule has 6 nitrogen and oxygen atoms in total. The zero-order chi connectivity index (χ0) is 21.6. The molecule has 1 N–H and O–H groups in total. The molecule has 0 aliphatic rings. The molecule has 0 spiro atoms. The van der Waals surface area contributed by atoms with Crippen LogP contribution in [0.5, 0.6) is 0 Å². The molecule has 0 atom stereocenters. The maximum absolute atomic E-state index is 13.1. The lowest BCUT2D eigenvalue weighted by Gasteiger charge is -2.21. The second-order valence-corrected chi connectivity index (χ2v) is 7.67. The van der Waals surface area contributed by atoms with E-state index in [1.807, 2.05) is 47.4 Å². The molecule has 0 radical (unpaired) electrons. The highest BCUT2D eigenvalue weighted by molar-refractivity contribution is 6.30. The van der Waals surface area contributed by atoms with Gasteiger partial charge in [-0.1, -0.05) is 36.7 Å². The van der Waals surface area contributed by atoms with Crippen LogP contribution in [0.25, 0.3) is 11.1 Å². The number of nitrogens with one attached hydrogen (secondary N) is 1. The Morgan fingerprint density at radius 2 is 2.03 bits per heavy atom. The average molecular weight is 435 g/mol. The number of pyridine rings is 1. The predicted octanol–water partition coefficient (Wildman–Crippen LogP) is 5.54. The van der Waals surface area contributed by atoms with Crippen LogP contribution in [0, 0.1) is 0 Å². The van der Waals surface area contributed by atoms with Crippen molar-refractivity contribution in [3.05, 3.63) is 88.7 Å². The quantitative estimate of drug-likeness (QED) is 0.394. The van der Waals surface area contributed by atoms with Crippen molar-refractivity contribution in [2.45, 2.75) is 26.4 Å². The summed E-state index contributed by atoms with van der Waals surface area (Å²) in [4.78, 5) is 23.8. The number of oxazole rings is 1. The number of aromatic nitrogens is 2. The van der Waals surface area contributed by atoms with Crippen LogP contribution in [-0.4, -0.2) is 27.3 Å². The number of fused-ring (bicyclic) bond motifs is 1. The topological polar surface area (TPSA) is 71.3 Å². The molecule has 2 heterocycles. The summed E-state index contributed by atoms with van der Waals surface area (Å²) in [5.41, 5.74) is 3.71. The summed E-state index contributed by atoms with van der Waals surface area (Å²) in [5, 5.41) is 3.84. The van der Waals surface area contributed by atoms with E-state index in [-0.39, 0.29) is 5.91 Å². The maximum Gasteiger partial charge on any atom is 0.295 e. The summed E-state index contributed by atoms with van der Waals surface area (Å²) in [6.45, 7) is 3.71. The minimum absolute atomic E-state index is 0.0501. The van der Waals surface area contributed by atoms with E-state index in [0.29, 0.717) is 47.3 Å². The minimum atomic E-state index is -0.0501. The first-order chi connectivity index (χ1) is 15.1. The largest absolute Gasteiger partial charge is 0.424 e. The number of hydrogen-bond donors (Lipinski definition) is 1. The minimum Gasteiger partial charge on any atom is -0.424 e. The SMILES string of the molecule is CCCN(Cc1ccccn1)C(=O)c1ccc2oc(NCc3cccc(Cl)c3)nc2c1. The van der Waals surface area contributed by atoms with Gasteiger partial charge in [0.2, 0.25) is 0 Å². The Morgan fingerprint density at radius 3 is 2.81 bits per heavy atom. The van der Waals surface area contributed by atoms with Crippen molar-refractivity contribution in [3.8, 4) is 0 Å². The van der Waals surface area contributed by atoms with Gasteiger partial charge in [0, 0.05) is 29.9 Å². The Balaban J connectivity index is 1.50. The predicted molar refractivity (Wildman–Crippen MR) is 122 cm³/mol. The van der Waals surface area contributed by atoms with Gasteiger partial charge in [-0.25, -0.2) is 0 Å². The highest BCUT2D eigenvalue weighted by Gasteiger charge is 2.18. The van der Waals surface area contributed by atoms with Crippen molar-refractivity contribution in [3.63, 3.8) is 0 Å². The summed E-state index contributed by atoms with van der Waals surface area (Å²) >= 11 is 6.03. The molecule has 0 saturated carbocycles. The molecule has 0 bridgehead atoms. The second kappa shape index (κ2) is 9.62. The number of halogens is 1. The standard InChI is InChI=1S/C24H23ClN4O2/c1-2-12-29(16-20-8-3-4-11-26-20)23(30)18-9-10-22-21(14-18)28-24(31-22)27-15-17-6-5-7-19(25)13-17/h3-11,13-14H,2,12,15-16H2,1H3,(H,27,28). The number of carbonyl (C=O) groups excluding carboxylic acids is 1. The Hall–Kier alpha value is -3.38. The van der Waals surface area contributed by atoms with Crippen molar-refractivity contribution >= 4 is 34.6 Å². The van der Waals surface area contributed by atoms with Gasteiger partial charge in [0.1, 0.15) is 5.52 Å². The highest BCUT2D eigenvalue weighted by atomic mass is 35.5. The second-order valence-electron chi connectivity index (χ2n) is 7.23. The molecule has 4 rings (SSSR count). The van der Waals surface area contributed by atoms with E-state index in [4.69, 9.17) is 16.0 Å². The lowest BCUT2D eigenvalue weighted by molar-refractivity contribution is 0.0741. The summed E-state index contributed by atoms with van der Waals surface area (Å²) in [6, 6.07) is 19.0. The number of rotatable bonds is 8. The van der Waals surface area contributed by atoms with Crippen LogP contribution in [0.2, 0.25) is 5.02 Å². The van der Waals surface area contributed by atoms with E-state index in [9.17, 15) is 4.79 Å². The van der Waals surface area contributed by atoms with E-state index >= 15 is 0 Å². The molecule has 7 heteroatoms. The monoisotopic (exact) mass is 434 g/mol. The van der Waals surface area contributed by atoms with Crippen LogP contribution in [-0.2, 0) is 13.1 Å². The average Bonchev–Trinajstić information content (AvgIpc) is 3.20. The number of anilines is 1. The van der Waals surface area contributed by atoms with Crippen LogP contribution in [0.15, 0.2) is 71.3 Å². The molecule has 2 aromatic carbocycles. The third-order valence-corrected chi connectivity index (χ3v) is 5.06. The lowest BCUT2D eigenvalue weighted by atomic mass is 10.1. The van der Waals surface area contributed by atoms with Crippen molar-refractivity contribution in [1.29, 1.82) is 0 Å². The van der Waals surface area contributed by atoms with Gasteiger partial charge >= 0.3 is 0 Å². The molecule has 158 valence electrons. The number of nitrogens with zero attached hydrogens (tertiary/aromatic N) is 3. The number of hydrogen-bond acceptors (Lipinski definition) is 5. The number of amides is 1. The molecule has 0 aliphatic heterocycles. The van der Waals surface area contributed by atoms with Gasteiger partial charge < -0.3 is 14.6 Å². The fourth-order valence-corrected chi connectivity index (χ4v) is 3.57. The molecular weight excluding hydrogens is 412 g/mol. The van der Waals surface area contributed by atoms with Crippen LogP contribution < -0.4 is 5.32 Å². The Labute approximate surface area is 185 Å². The molecular formula is C24H23ClN4O2. The van der Waals surface area contributed by atoms with Crippen LogP contribution >= 0.6 is 11.6 Å². The van der Waals surface area contributed by atoms with Gasteiger partial charge in [-0.05, 0) is 54.4 Å². The van der Waals surface area contributed by atoms with Gasteiger partial charge in [0.05, 0.1) is 12.2 Å². The number of benzene rings is 2. The van der Waals surface area contributed by atoms with Crippen molar-refractivity contribution in [2.24, 2.45) is 0 Å². The van der Waals surface area contributed by atoms with Crippen LogP contribution in [0.1, 0.15) is 35.0 Å². The maximum atomic E-state index is 13.1. The van der Waals surface area contributed by atoms with E-state index in [0.717, 1.165) is 17.7 Å².